The van der Waals surface area contributed by atoms with Gasteiger partial charge >= 0.3 is 5.97 Å². The minimum Gasteiger partial charge on any atom is -0.481 e. The Morgan fingerprint density at radius 3 is 2.52 bits per heavy atom. The third-order valence-electron chi connectivity index (χ3n) is 3.70. The summed E-state index contributed by atoms with van der Waals surface area (Å²) in [6, 6.07) is 5.76. The number of imide groups is 1. The summed E-state index contributed by atoms with van der Waals surface area (Å²) in [5.74, 6) is -4.24. The Morgan fingerprint density at radius 1 is 1.33 bits per heavy atom. The van der Waals surface area contributed by atoms with Crippen molar-refractivity contribution in [2.24, 2.45) is 11.8 Å². The fourth-order valence-electron chi connectivity index (χ4n) is 2.51. The fraction of sp³-hybridized carbons (Fsp3) is 0.400. The highest BCUT2D eigenvalue weighted by Crippen LogP contribution is 2.25. The first-order chi connectivity index (χ1) is 9.90. The summed E-state index contributed by atoms with van der Waals surface area (Å²) in [6.07, 6.45) is 0.421. The van der Waals surface area contributed by atoms with E-state index >= 15 is 0 Å². The summed E-state index contributed by atoms with van der Waals surface area (Å²) in [4.78, 5) is 36.2. The Hall–Kier alpha value is -2.24. The molecule has 1 heterocycles. The maximum Gasteiger partial charge on any atom is 0.316 e. The fourth-order valence-corrected chi connectivity index (χ4v) is 2.51. The lowest BCUT2D eigenvalue weighted by atomic mass is 9.85. The summed E-state index contributed by atoms with van der Waals surface area (Å²) < 4.78 is 12.8. The van der Waals surface area contributed by atoms with Crippen LogP contribution < -0.4 is 0 Å². The second kappa shape index (κ2) is 6.03. The van der Waals surface area contributed by atoms with Crippen LogP contribution in [0.1, 0.15) is 18.9 Å². The van der Waals surface area contributed by atoms with Crippen molar-refractivity contribution < 1.29 is 23.9 Å². The average Bonchev–Trinajstić information content (AvgIpc) is 2.39. The van der Waals surface area contributed by atoms with E-state index in [9.17, 15) is 18.8 Å². The van der Waals surface area contributed by atoms with Crippen LogP contribution in [0, 0.1) is 17.7 Å². The lowest BCUT2D eigenvalue weighted by Gasteiger charge is -2.32. The van der Waals surface area contributed by atoms with Gasteiger partial charge < -0.3 is 5.11 Å². The summed E-state index contributed by atoms with van der Waals surface area (Å²) in [5.41, 5.74) is 0.780. The second-order valence-electron chi connectivity index (χ2n) is 5.26. The Balaban J connectivity index is 2.07. The third-order valence-corrected chi connectivity index (χ3v) is 3.70. The number of likely N-dealkylation sites (tertiary alicyclic amines) is 1. The third kappa shape index (κ3) is 3.26. The number of piperidine rings is 1. The molecule has 21 heavy (non-hydrogen) atoms. The highest BCUT2D eigenvalue weighted by molar-refractivity contribution is 6.07. The number of carboxylic acids is 1. The first-order valence-electron chi connectivity index (χ1n) is 6.71. The second-order valence-corrected chi connectivity index (χ2v) is 5.26. The Morgan fingerprint density at radius 2 is 1.95 bits per heavy atom. The van der Waals surface area contributed by atoms with Crippen LogP contribution in [-0.2, 0) is 20.8 Å². The summed E-state index contributed by atoms with van der Waals surface area (Å²) in [7, 11) is 0. The number of amides is 2. The van der Waals surface area contributed by atoms with Crippen molar-refractivity contribution in [2.45, 2.75) is 19.8 Å². The van der Waals surface area contributed by atoms with Crippen LogP contribution in [-0.4, -0.2) is 34.3 Å². The lowest BCUT2D eigenvalue weighted by Crippen LogP contribution is -2.51. The molecule has 1 aliphatic heterocycles. The van der Waals surface area contributed by atoms with Crippen LogP contribution >= 0.6 is 0 Å². The molecule has 0 spiro atoms. The molecule has 1 aromatic rings. The van der Waals surface area contributed by atoms with Crippen molar-refractivity contribution in [1.29, 1.82) is 0 Å². The van der Waals surface area contributed by atoms with Gasteiger partial charge in [-0.2, -0.15) is 0 Å². The molecule has 1 saturated heterocycles. The molecular formula is C15H16FNO4. The predicted molar refractivity (Wildman–Crippen MR) is 71.7 cm³/mol. The zero-order chi connectivity index (χ0) is 15.6. The van der Waals surface area contributed by atoms with E-state index in [1.807, 2.05) is 0 Å². The number of halogens is 1. The molecule has 0 aromatic heterocycles. The zero-order valence-corrected chi connectivity index (χ0v) is 11.6. The Kier molecular flexibility index (Phi) is 4.35. The van der Waals surface area contributed by atoms with Crippen molar-refractivity contribution in [2.75, 3.05) is 6.54 Å². The van der Waals surface area contributed by atoms with Gasteiger partial charge in [0.15, 0.2) is 0 Å². The van der Waals surface area contributed by atoms with E-state index in [0.717, 1.165) is 10.5 Å². The monoisotopic (exact) mass is 293 g/mol. The van der Waals surface area contributed by atoms with Crippen molar-refractivity contribution in [1.82, 2.24) is 4.90 Å². The van der Waals surface area contributed by atoms with Gasteiger partial charge in [0, 0.05) is 13.0 Å². The minimum atomic E-state index is -1.20. The number of hydrogen-bond acceptors (Lipinski definition) is 3. The van der Waals surface area contributed by atoms with Gasteiger partial charge in [0.2, 0.25) is 11.8 Å². The van der Waals surface area contributed by atoms with Crippen LogP contribution in [0.3, 0.4) is 0 Å². The number of carboxylic acid groups (broad SMARTS) is 1. The molecule has 2 unspecified atom stereocenters. The molecule has 6 heteroatoms. The van der Waals surface area contributed by atoms with Crippen LogP contribution in [0.2, 0.25) is 0 Å². The molecular weight excluding hydrogens is 277 g/mol. The summed E-state index contributed by atoms with van der Waals surface area (Å²) >= 11 is 0. The predicted octanol–water partition coefficient (Wildman–Crippen LogP) is 1.46. The first-order valence-corrected chi connectivity index (χ1v) is 6.71. The Labute approximate surface area is 121 Å². The molecule has 1 fully saturated rings. The Bertz CT molecular complexity index is 570. The van der Waals surface area contributed by atoms with Gasteiger partial charge in [-0.25, -0.2) is 4.39 Å². The van der Waals surface area contributed by atoms with E-state index < -0.39 is 23.7 Å². The summed E-state index contributed by atoms with van der Waals surface area (Å²) in [5, 5.41) is 9.10. The normalized spacial score (nSPS) is 22.5. The highest BCUT2D eigenvalue weighted by atomic mass is 19.1. The van der Waals surface area contributed by atoms with E-state index in [1.165, 1.54) is 12.1 Å². The summed E-state index contributed by atoms with van der Waals surface area (Å²) in [6.45, 7) is 1.70. The maximum atomic E-state index is 12.8. The molecule has 5 nitrogen and oxygen atoms in total. The van der Waals surface area contributed by atoms with Crippen LogP contribution in [0.15, 0.2) is 24.3 Å². The van der Waals surface area contributed by atoms with E-state index in [0.29, 0.717) is 6.42 Å². The molecule has 1 aromatic carbocycles. The standard InChI is InChI=1S/C15H16FNO4/c1-9-8-12(18)17(14(19)13(9)15(20)21)7-6-10-2-4-11(16)5-3-10/h2-5,9,13H,6-8H2,1H3,(H,20,21). The smallest absolute Gasteiger partial charge is 0.316 e. The molecule has 2 amide bonds. The number of aliphatic carboxylic acids is 1. The molecule has 0 aliphatic carbocycles. The van der Waals surface area contributed by atoms with Crippen LogP contribution in [0.25, 0.3) is 0 Å². The average molecular weight is 293 g/mol. The van der Waals surface area contributed by atoms with Gasteiger partial charge in [-0.3, -0.25) is 19.3 Å². The molecule has 2 rings (SSSR count). The van der Waals surface area contributed by atoms with Crippen molar-refractivity contribution in [3.8, 4) is 0 Å². The largest absolute Gasteiger partial charge is 0.481 e. The minimum absolute atomic E-state index is 0.0477. The van der Waals surface area contributed by atoms with Gasteiger partial charge in [-0.05, 0) is 30.0 Å². The number of carbonyl (C=O) groups is 3. The van der Waals surface area contributed by atoms with E-state index in [4.69, 9.17) is 5.11 Å². The van der Waals surface area contributed by atoms with E-state index in [-0.39, 0.29) is 24.7 Å². The molecule has 1 aliphatic rings. The van der Waals surface area contributed by atoms with Crippen molar-refractivity contribution in [3.63, 3.8) is 0 Å². The number of hydrogen-bond donors (Lipinski definition) is 1. The van der Waals surface area contributed by atoms with Crippen LogP contribution in [0.5, 0.6) is 0 Å². The molecule has 0 bridgehead atoms. The number of rotatable bonds is 4. The van der Waals surface area contributed by atoms with E-state index in [2.05, 4.69) is 0 Å². The molecule has 0 saturated carbocycles. The zero-order valence-electron chi connectivity index (χ0n) is 11.6. The lowest BCUT2D eigenvalue weighted by molar-refractivity contribution is -0.162. The molecule has 2 atom stereocenters. The van der Waals surface area contributed by atoms with Gasteiger partial charge in [0.1, 0.15) is 11.7 Å². The number of benzene rings is 1. The topological polar surface area (TPSA) is 74.7 Å². The maximum absolute atomic E-state index is 12.8. The SMILES string of the molecule is CC1CC(=O)N(CCc2ccc(F)cc2)C(=O)C1C(=O)O. The van der Waals surface area contributed by atoms with Gasteiger partial charge in [0.05, 0.1) is 0 Å². The van der Waals surface area contributed by atoms with Crippen LogP contribution in [0.4, 0.5) is 4.39 Å². The van der Waals surface area contributed by atoms with Crippen molar-refractivity contribution >= 4 is 17.8 Å². The van der Waals surface area contributed by atoms with Gasteiger partial charge in [-0.15, -0.1) is 0 Å². The highest BCUT2D eigenvalue weighted by Gasteiger charge is 2.43. The number of nitrogens with zero attached hydrogens (tertiary/aromatic N) is 1. The van der Waals surface area contributed by atoms with Crippen molar-refractivity contribution in [3.05, 3.63) is 35.6 Å². The molecule has 112 valence electrons. The first kappa shape index (κ1) is 15.2. The van der Waals surface area contributed by atoms with Gasteiger partial charge in [-0.1, -0.05) is 19.1 Å². The van der Waals surface area contributed by atoms with Gasteiger partial charge in [0.25, 0.3) is 0 Å². The molecule has 0 radical (unpaired) electrons. The number of carbonyl (C=O) groups excluding carboxylic acids is 2. The molecule has 1 N–H and O–H groups in total. The quantitative estimate of drug-likeness (QED) is 0.673. The van der Waals surface area contributed by atoms with E-state index in [1.54, 1.807) is 19.1 Å².